The lowest BCUT2D eigenvalue weighted by molar-refractivity contribution is 0.474. The molecule has 0 spiro atoms. The number of hydrogen-bond acceptors (Lipinski definition) is 4. The molecule has 2 N–H and O–H groups in total. The summed E-state index contributed by atoms with van der Waals surface area (Å²) < 4.78 is 12.0. The van der Waals surface area contributed by atoms with Crippen molar-refractivity contribution in [1.29, 1.82) is 0 Å². The summed E-state index contributed by atoms with van der Waals surface area (Å²) in [5.74, 6) is 15.8. The van der Waals surface area contributed by atoms with E-state index < -0.39 is 0 Å². The van der Waals surface area contributed by atoms with Gasteiger partial charge in [0.25, 0.3) is 0 Å². The van der Waals surface area contributed by atoms with Crippen LogP contribution in [0.25, 0.3) is 11.1 Å². The molecule has 6 aromatic carbocycles. The van der Waals surface area contributed by atoms with Gasteiger partial charge >= 0.3 is 0 Å². The Morgan fingerprint density at radius 2 is 0.523 bits per heavy atom. The van der Waals surface area contributed by atoms with Crippen molar-refractivity contribution in [3.8, 4) is 69.3 Å². The average Bonchev–Trinajstić information content (AvgIpc) is 3.06. The van der Waals surface area contributed by atoms with Gasteiger partial charge in [0.15, 0.2) is 0 Å². The molecule has 44 heavy (non-hydrogen) atoms. The first-order chi connectivity index (χ1) is 21.6. The monoisotopic (exact) mass is 570 g/mol. The van der Waals surface area contributed by atoms with E-state index in [2.05, 4.69) is 23.7 Å². The molecule has 4 nitrogen and oxygen atoms in total. The minimum absolute atomic E-state index is 0.225. The van der Waals surface area contributed by atoms with Crippen molar-refractivity contribution in [2.24, 2.45) is 0 Å². The van der Waals surface area contributed by atoms with E-state index in [-0.39, 0.29) is 11.5 Å². The normalized spacial score (nSPS) is 10.1. The third kappa shape index (κ3) is 7.47. The Kier molecular flexibility index (Phi) is 8.26. The van der Waals surface area contributed by atoms with Crippen molar-refractivity contribution in [1.82, 2.24) is 0 Å². The maximum Gasteiger partial charge on any atom is 0.127 e. The molecular weight excluding hydrogens is 544 g/mol. The molecule has 0 fully saturated rings. The van der Waals surface area contributed by atoms with E-state index in [4.69, 9.17) is 9.47 Å². The molecule has 0 bridgehead atoms. The maximum atomic E-state index is 9.39. The van der Waals surface area contributed by atoms with E-state index in [1.165, 1.54) is 0 Å². The largest absolute Gasteiger partial charge is 0.508 e. The smallest absolute Gasteiger partial charge is 0.127 e. The molecule has 0 radical (unpaired) electrons. The lowest BCUT2D eigenvalue weighted by Gasteiger charge is -2.09. The van der Waals surface area contributed by atoms with Crippen LogP contribution in [0.2, 0.25) is 0 Å². The van der Waals surface area contributed by atoms with Gasteiger partial charge in [0.1, 0.15) is 34.5 Å². The quantitative estimate of drug-likeness (QED) is 0.203. The molecule has 0 aliphatic heterocycles. The Morgan fingerprint density at radius 1 is 0.295 bits per heavy atom. The van der Waals surface area contributed by atoms with E-state index in [0.29, 0.717) is 0 Å². The lowest BCUT2D eigenvalue weighted by atomic mass is 10.1. The highest BCUT2D eigenvalue weighted by atomic mass is 16.5. The summed E-state index contributed by atoms with van der Waals surface area (Å²) in [5.41, 5.74) is 5.57. The second-order valence-electron chi connectivity index (χ2n) is 9.90. The highest BCUT2D eigenvalue weighted by molar-refractivity contribution is 5.65. The predicted molar refractivity (Wildman–Crippen MR) is 173 cm³/mol. The molecule has 210 valence electrons. The molecule has 0 heterocycles. The van der Waals surface area contributed by atoms with Gasteiger partial charge < -0.3 is 19.7 Å². The second kappa shape index (κ2) is 13.1. The van der Waals surface area contributed by atoms with Crippen LogP contribution in [-0.2, 0) is 0 Å². The Balaban J connectivity index is 1.03. The van der Waals surface area contributed by atoms with Crippen molar-refractivity contribution in [3.63, 3.8) is 0 Å². The Bertz CT molecular complexity index is 1820. The van der Waals surface area contributed by atoms with Crippen LogP contribution in [0, 0.1) is 23.7 Å². The van der Waals surface area contributed by atoms with Crippen LogP contribution in [0.4, 0.5) is 0 Å². The van der Waals surface area contributed by atoms with Crippen LogP contribution >= 0.6 is 0 Å². The molecule has 0 aliphatic carbocycles. The fraction of sp³-hybridized carbons (Fsp3) is 0. The van der Waals surface area contributed by atoms with Crippen molar-refractivity contribution in [3.05, 3.63) is 168 Å². The van der Waals surface area contributed by atoms with Gasteiger partial charge in [0.2, 0.25) is 0 Å². The zero-order valence-electron chi connectivity index (χ0n) is 23.6. The van der Waals surface area contributed by atoms with Gasteiger partial charge in [-0.05, 0) is 132 Å². The lowest BCUT2D eigenvalue weighted by Crippen LogP contribution is -1.86. The number of phenols is 2. The van der Waals surface area contributed by atoms with Crippen molar-refractivity contribution in [2.45, 2.75) is 0 Å². The molecule has 6 rings (SSSR count). The summed E-state index contributed by atoms with van der Waals surface area (Å²) in [5, 5.41) is 18.8. The fourth-order valence-corrected chi connectivity index (χ4v) is 4.29. The summed E-state index contributed by atoms with van der Waals surface area (Å²) in [6.45, 7) is 0. The highest BCUT2D eigenvalue weighted by Gasteiger charge is 2.03. The summed E-state index contributed by atoms with van der Waals surface area (Å²) in [7, 11) is 0. The minimum Gasteiger partial charge on any atom is -0.508 e. The fourth-order valence-electron chi connectivity index (χ4n) is 4.29. The minimum atomic E-state index is 0.225. The van der Waals surface area contributed by atoms with E-state index in [9.17, 15) is 10.2 Å². The predicted octanol–water partition coefficient (Wildman–Crippen LogP) is 9.15. The zero-order chi connectivity index (χ0) is 30.1. The summed E-state index contributed by atoms with van der Waals surface area (Å²) in [4.78, 5) is 0. The molecule has 0 saturated carbocycles. The average molecular weight is 571 g/mol. The highest BCUT2D eigenvalue weighted by Crippen LogP contribution is 2.29. The van der Waals surface area contributed by atoms with Gasteiger partial charge in [0.05, 0.1) is 0 Å². The zero-order valence-corrected chi connectivity index (χ0v) is 23.6. The third-order valence-corrected chi connectivity index (χ3v) is 6.66. The van der Waals surface area contributed by atoms with Crippen molar-refractivity contribution >= 4 is 0 Å². The van der Waals surface area contributed by atoms with Crippen molar-refractivity contribution < 1.29 is 19.7 Å². The maximum absolute atomic E-state index is 9.39. The van der Waals surface area contributed by atoms with Gasteiger partial charge in [0, 0.05) is 22.3 Å². The molecule has 0 amide bonds. The van der Waals surface area contributed by atoms with Crippen molar-refractivity contribution in [2.75, 3.05) is 0 Å². The number of ether oxygens (including phenoxy) is 2. The second-order valence-corrected chi connectivity index (χ2v) is 9.90. The molecule has 0 aromatic heterocycles. The SMILES string of the molecule is Oc1ccc(C#Cc2ccc(Oc3ccc(-c4ccc(Oc5ccc(C#Cc6ccc(O)cc6)cc5)cc4)cc3)cc2)cc1. The van der Waals surface area contributed by atoms with Gasteiger partial charge in [-0.15, -0.1) is 0 Å². The molecule has 6 aromatic rings. The Hall–Kier alpha value is -6.36. The molecule has 0 unspecified atom stereocenters. The summed E-state index contributed by atoms with van der Waals surface area (Å²) in [6, 6.07) is 44.8. The van der Waals surface area contributed by atoms with Crippen LogP contribution in [-0.4, -0.2) is 10.2 Å². The van der Waals surface area contributed by atoms with Crippen LogP contribution in [0.15, 0.2) is 146 Å². The van der Waals surface area contributed by atoms with Gasteiger partial charge in [-0.25, -0.2) is 0 Å². The molecule has 4 heteroatoms. The van der Waals surface area contributed by atoms with E-state index >= 15 is 0 Å². The molecule has 0 aliphatic rings. The summed E-state index contributed by atoms with van der Waals surface area (Å²) in [6.07, 6.45) is 0. The molecule has 0 atom stereocenters. The van der Waals surface area contributed by atoms with Gasteiger partial charge in [-0.2, -0.15) is 0 Å². The van der Waals surface area contributed by atoms with Crippen LogP contribution in [0.5, 0.6) is 34.5 Å². The van der Waals surface area contributed by atoms with Gasteiger partial charge in [-0.1, -0.05) is 47.9 Å². The number of hydrogen-bond donors (Lipinski definition) is 2. The number of aromatic hydroxyl groups is 2. The van der Waals surface area contributed by atoms with E-state index in [1.807, 2.05) is 97.1 Å². The van der Waals surface area contributed by atoms with Crippen LogP contribution in [0.3, 0.4) is 0 Å². The van der Waals surface area contributed by atoms with Gasteiger partial charge in [-0.3, -0.25) is 0 Å². The van der Waals surface area contributed by atoms with Crippen LogP contribution in [0.1, 0.15) is 22.3 Å². The van der Waals surface area contributed by atoms with E-state index in [0.717, 1.165) is 56.4 Å². The first-order valence-electron chi connectivity index (χ1n) is 13.9. The Morgan fingerprint density at radius 3 is 0.795 bits per heavy atom. The van der Waals surface area contributed by atoms with E-state index in [1.54, 1.807) is 48.5 Å². The number of rotatable bonds is 5. The first-order valence-corrected chi connectivity index (χ1v) is 13.9. The van der Waals surface area contributed by atoms with Crippen LogP contribution < -0.4 is 9.47 Å². The molecule has 0 saturated heterocycles. The third-order valence-electron chi connectivity index (χ3n) is 6.66. The summed E-state index contributed by atoms with van der Waals surface area (Å²) >= 11 is 0. The standard InChI is InChI=1S/C40H26O4/c41-35-17-5-29(6-18-35)1-3-31-9-21-37(22-10-31)43-39-25-13-33(14-26-39)34-15-27-40(28-16-34)44-38-23-11-32(12-24-38)4-2-30-7-19-36(42)20-8-30/h5-28,41-42H. The first kappa shape index (κ1) is 27.8. The molecular formula is C40H26O4. The Labute approximate surface area is 256 Å². The topological polar surface area (TPSA) is 58.9 Å². The number of phenolic OH excluding ortho intramolecular Hbond substituents is 2. The number of benzene rings is 6.